The molecule has 1 aromatic heterocycles. The zero-order valence-corrected chi connectivity index (χ0v) is 11.8. The molecule has 1 aromatic rings. The number of thioether (sulfide) groups is 1. The minimum absolute atomic E-state index is 0.00542. The molecule has 0 spiro atoms. The normalized spacial score (nSPS) is 17.9. The van der Waals surface area contributed by atoms with Crippen LogP contribution in [0.3, 0.4) is 0 Å². The van der Waals surface area contributed by atoms with Gasteiger partial charge in [-0.05, 0) is 38.4 Å². The molecule has 0 aliphatic heterocycles. The van der Waals surface area contributed by atoms with Crippen LogP contribution in [0.4, 0.5) is 5.88 Å². The van der Waals surface area contributed by atoms with Gasteiger partial charge in [-0.3, -0.25) is 10.1 Å². The molecule has 1 aliphatic rings. The van der Waals surface area contributed by atoms with Crippen molar-refractivity contribution in [3.05, 3.63) is 11.8 Å². The maximum atomic E-state index is 11.9. The first-order valence-corrected chi connectivity index (χ1v) is 7.56. The SMILES string of the molecule is Cc1cc(NC(=O)[C@H](C)SCC2CCCC2)on1. The van der Waals surface area contributed by atoms with Gasteiger partial charge >= 0.3 is 0 Å². The molecule has 1 N–H and O–H groups in total. The molecule has 1 fully saturated rings. The Bertz CT molecular complexity index is 399. The summed E-state index contributed by atoms with van der Waals surface area (Å²) < 4.78 is 4.97. The minimum Gasteiger partial charge on any atom is -0.338 e. The first kappa shape index (κ1) is 13.5. The highest BCUT2D eigenvalue weighted by Gasteiger charge is 2.20. The number of rotatable bonds is 5. The topological polar surface area (TPSA) is 55.1 Å². The second-order valence-electron chi connectivity index (χ2n) is 4.95. The fourth-order valence-corrected chi connectivity index (χ4v) is 3.28. The van der Waals surface area contributed by atoms with E-state index in [1.54, 1.807) is 17.8 Å². The van der Waals surface area contributed by atoms with Crippen LogP contribution in [0.15, 0.2) is 10.6 Å². The van der Waals surface area contributed by atoms with Gasteiger partial charge in [0, 0.05) is 6.07 Å². The van der Waals surface area contributed by atoms with Gasteiger partial charge in [-0.1, -0.05) is 18.0 Å². The monoisotopic (exact) mass is 268 g/mol. The van der Waals surface area contributed by atoms with Gasteiger partial charge in [0.25, 0.3) is 0 Å². The van der Waals surface area contributed by atoms with E-state index in [-0.39, 0.29) is 11.2 Å². The number of carbonyl (C=O) groups excluding carboxylic acids is 1. The molecule has 100 valence electrons. The molecule has 1 heterocycles. The van der Waals surface area contributed by atoms with Crippen molar-refractivity contribution in [2.45, 2.75) is 44.8 Å². The second kappa shape index (κ2) is 6.27. The van der Waals surface area contributed by atoms with Crippen LogP contribution in [0.2, 0.25) is 0 Å². The summed E-state index contributed by atoms with van der Waals surface area (Å²) in [5.74, 6) is 2.32. The first-order chi connectivity index (χ1) is 8.65. The molecule has 0 radical (unpaired) electrons. The van der Waals surface area contributed by atoms with Crippen LogP contribution >= 0.6 is 11.8 Å². The summed E-state index contributed by atoms with van der Waals surface area (Å²) in [7, 11) is 0. The zero-order chi connectivity index (χ0) is 13.0. The summed E-state index contributed by atoms with van der Waals surface area (Å²) in [6.45, 7) is 3.77. The summed E-state index contributed by atoms with van der Waals surface area (Å²) in [5, 5.41) is 6.45. The van der Waals surface area contributed by atoms with Crippen LogP contribution < -0.4 is 5.32 Å². The number of nitrogens with one attached hydrogen (secondary N) is 1. The van der Waals surface area contributed by atoms with Crippen molar-refractivity contribution >= 4 is 23.6 Å². The smallest absolute Gasteiger partial charge is 0.239 e. The van der Waals surface area contributed by atoms with E-state index in [1.807, 2.05) is 13.8 Å². The number of nitrogens with zero attached hydrogens (tertiary/aromatic N) is 1. The second-order valence-corrected chi connectivity index (χ2v) is 6.32. The van der Waals surface area contributed by atoms with E-state index in [4.69, 9.17) is 4.52 Å². The lowest BCUT2D eigenvalue weighted by Gasteiger charge is -2.13. The maximum absolute atomic E-state index is 11.9. The van der Waals surface area contributed by atoms with Crippen molar-refractivity contribution in [3.8, 4) is 0 Å². The molecule has 0 aromatic carbocycles. The number of aromatic nitrogens is 1. The Balaban J connectivity index is 1.74. The van der Waals surface area contributed by atoms with Crippen molar-refractivity contribution in [1.29, 1.82) is 0 Å². The maximum Gasteiger partial charge on any atom is 0.239 e. The summed E-state index contributed by atoms with van der Waals surface area (Å²) in [6, 6.07) is 1.73. The Hall–Kier alpha value is -0.970. The van der Waals surface area contributed by atoms with Crippen LogP contribution in [0.1, 0.15) is 38.3 Å². The fraction of sp³-hybridized carbons (Fsp3) is 0.692. The van der Waals surface area contributed by atoms with E-state index in [2.05, 4.69) is 10.5 Å². The predicted molar refractivity (Wildman–Crippen MR) is 73.7 cm³/mol. The number of aryl methyl sites for hydroxylation is 1. The number of anilines is 1. The van der Waals surface area contributed by atoms with E-state index < -0.39 is 0 Å². The van der Waals surface area contributed by atoms with E-state index >= 15 is 0 Å². The average Bonchev–Trinajstić information content (AvgIpc) is 2.97. The molecule has 1 saturated carbocycles. The molecule has 1 amide bonds. The highest BCUT2D eigenvalue weighted by atomic mass is 32.2. The zero-order valence-electron chi connectivity index (χ0n) is 10.9. The van der Waals surface area contributed by atoms with E-state index in [0.717, 1.165) is 17.4 Å². The Morgan fingerprint density at radius 1 is 1.61 bits per heavy atom. The molecule has 5 heteroatoms. The Labute approximate surface area is 112 Å². The van der Waals surface area contributed by atoms with Gasteiger partial charge in [-0.2, -0.15) is 0 Å². The van der Waals surface area contributed by atoms with Crippen molar-refractivity contribution in [3.63, 3.8) is 0 Å². The van der Waals surface area contributed by atoms with Crippen LogP contribution in [0, 0.1) is 12.8 Å². The van der Waals surface area contributed by atoms with Gasteiger partial charge in [0.1, 0.15) is 0 Å². The lowest BCUT2D eigenvalue weighted by molar-refractivity contribution is -0.115. The predicted octanol–water partition coefficient (Wildman–Crippen LogP) is 3.23. The third-order valence-electron chi connectivity index (χ3n) is 3.30. The van der Waals surface area contributed by atoms with Gasteiger partial charge < -0.3 is 4.52 Å². The lowest BCUT2D eigenvalue weighted by atomic mass is 10.1. The van der Waals surface area contributed by atoms with Crippen LogP contribution in [0.25, 0.3) is 0 Å². The number of carbonyl (C=O) groups is 1. The summed E-state index contributed by atoms with van der Waals surface area (Å²) >= 11 is 1.73. The van der Waals surface area contributed by atoms with E-state index in [0.29, 0.717) is 5.88 Å². The number of hydrogen-bond donors (Lipinski definition) is 1. The minimum atomic E-state index is -0.0454. The quantitative estimate of drug-likeness (QED) is 0.890. The van der Waals surface area contributed by atoms with Crippen LogP contribution in [-0.2, 0) is 4.79 Å². The van der Waals surface area contributed by atoms with Gasteiger partial charge in [0.2, 0.25) is 11.8 Å². The summed E-state index contributed by atoms with van der Waals surface area (Å²) in [5.41, 5.74) is 0.775. The van der Waals surface area contributed by atoms with E-state index in [9.17, 15) is 4.79 Å². The highest BCUT2D eigenvalue weighted by molar-refractivity contribution is 8.00. The Kier molecular flexibility index (Phi) is 4.69. The largest absolute Gasteiger partial charge is 0.338 e. The number of amides is 1. The summed E-state index contributed by atoms with van der Waals surface area (Å²) in [6.07, 6.45) is 5.34. The van der Waals surface area contributed by atoms with Crippen molar-refractivity contribution in [2.75, 3.05) is 11.1 Å². The van der Waals surface area contributed by atoms with Gasteiger partial charge in [0.05, 0.1) is 10.9 Å². The van der Waals surface area contributed by atoms with Crippen molar-refractivity contribution in [2.24, 2.45) is 5.92 Å². The molecular weight excluding hydrogens is 248 g/mol. The van der Waals surface area contributed by atoms with Crippen LogP contribution in [0.5, 0.6) is 0 Å². The molecule has 0 saturated heterocycles. The fourth-order valence-electron chi connectivity index (χ4n) is 2.18. The Morgan fingerprint density at radius 3 is 2.94 bits per heavy atom. The molecule has 0 bridgehead atoms. The Morgan fingerprint density at radius 2 is 2.33 bits per heavy atom. The third-order valence-corrected chi connectivity index (χ3v) is 4.68. The van der Waals surface area contributed by atoms with Gasteiger partial charge in [-0.15, -0.1) is 11.8 Å². The van der Waals surface area contributed by atoms with Gasteiger partial charge in [0.15, 0.2) is 0 Å². The third kappa shape index (κ3) is 3.77. The number of hydrogen-bond acceptors (Lipinski definition) is 4. The average molecular weight is 268 g/mol. The molecule has 4 nitrogen and oxygen atoms in total. The van der Waals surface area contributed by atoms with Gasteiger partial charge in [-0.25, -0.2) is 0 Å². The van der Waals surface area contributed by atoms with E-state index in [1.165, 1.54) is 25.7 Å². The molecule has 2 rings (SSSR count). The molecular formula is C13H20N2O2S. The standard InChI is InChI=1S/C13H20N2O2S/c1-9-7-12(17-15-9)14-13(16)10(2)18-8-11-5-3-4-6-11/h7,10-11H,3-6,8H2,1-2H3,(H,14,16)/t10-/m0/s1. The molecule has 1 atom stereocenters. The summed E-state index contributed by atoms with van der Waals surface area (Å²) in [4.78, 5) is 11.9. The van der Waals surface area contributed by atoms with Crippen molar-refractivity contribution < 1.29 is 9.32 Å². The first-order valence-electron chi connectivity index (χ1n) is 6.51. The lowest BCUT2D eigenvalue weighted by Crippen LogP contribution is -2.23. The van der Waals surface area contributed by atoms with Crippen LogP contribution in [-0.4, -0.2) is 22.1 Å². The molecule has 0 unspecified atom stereocenters. The molecule has 1 aliphatic carbocycles. The highest BCUT2D eigenvalue weighted by Crippen LogP contribution is 2.29. The molecule has 18 heavy (non-hydrogen) atoms. The van der Waals surface area contributed by atoms with Crippen molar-refractivity contribution in [1.82, 2.24) is 5.16 Å².